The van der Waals surface area contributed by atoms with Gasteiger partial charge in [-0.2, -0.15) is 35.1 Å². The van der Waals surface area contributed by atoms with Crippen LogP contribution in [-0.2, 0) is 6.18 Å². The van der Waals surface area contributed by atoms with Gasteiger partial charge in [0.25, 0.3) is 0 Å². The molecule has 0 fully saturated rings. The number of alkyl halides is 8. The summed E-state index contributed by atoms with van der Waals surface area (Å²) in [6.07, 6.45) is -11.5. The lowest BCUT2D eigenvalue weighted by Crippen LogP contribution is -2.44. The zero-order valence-electron chi connectivity index (χ0n) is 8.74. The van der Waals surface area contributed by atoms with Crippen molar-refractivity contribution in [2.45, 2.75) is 18.3 Å². The maximum Gasteiger partial charge on any atom is 0.461 e. The molecule has 0 bridgehead atoms. The molecule has 0 aliphatic carbocycles. The van der Waals surface area contributed by atoms with E-state index < -0.39 is 35.2 Å². The molecular formula is C10H4F8O. The van der Waals surface area contributed by atoms with E-state index >= 15 is 0 Å². The normalized spacial score (nSPS) is 13.5. The highest BCUT2D eigenvalue weighted by molar-refractivity contribution is 6.03. The second kappa shape index (κ2) is 4.46. The monoisotopic (exact) mass is 292 g/mol. The van der Waals surface area contributed by atoms with Crippen molar-refractivity contribution in [3.05, 3.63) is 35.4 Å². The zero-order valence-corrected chi connectivity index (χ0v) is 8.74. The average Bonchev–Trinajstić information content (AvgIpc) is 2.25. The molecule has 106 valence electrons. The minimum atomic E-state index is -6.26. The van der Waals surface area contributed by atoms with Gasteiger partial charge < -0.3 is 0 Å². The van der Waals surface area contributed by atoms with Crippen LogP contribution in [-0.4, -0.2) is 17.9 Å². The molecule has 1 nitrogen and oxygen atoms in total. The van der Waals surface area contributed by atoms with E-state index in [0.29, 0.717) is 0 Å². The fraction of sp³-hybridized carbons (Fsp3) is 0.300. The van der Waals surface area contributed by atoms with Gasteiger partial charge in [-0.25, -0.2) is 0 Å². The summed E-state index contributed by atoms with van der Waals surface area (Å²) in [6, 6.07) is 2.05. The topological polar surface area (TPSA) is 17.1 Å². The Bertz CT molecular complexity index is 485. The molecule has 9 heteroatoms. The molecule has 0 saturated heterocycles. The van der Waals surface area contributed by atoms with E-state index in [1.807, 2.05) is 0 Å². The summed E-state index contributed by atoms with van der Waals surface area (Å²) in [5, 5.41) is 0. The number of Topliss-reactive ketones (excluding diaryl/α,β-unsaturated/α-hetero) is 1. The Morgan fingerprint density at radius 1 is 0.842 bits per heavy atom. The van der Waals surface area contributed by atoms with Crippen LogP contribution in [0.5, 0.6) is 0 Å². The quantitative estimate of drug-likeness (QED) is 0.593. The first-order chi connectivity index (χ1) is 8.39. The highest BCUT2D eigenvalue weighted by atomic mass is 19.4. The first-order valence-corrected chi connectivity index (χ1v) is 4.54. The average molecular weight is 292 g/mol. The summed E-state index contributed by atoms with van der Waals surface area (Å²) in [4.78, 5) is 11.0. The molecule has 1 aromatic carbocycles. The van der Waals surface area contributed by atoms with E-state index in [1.165, 1.54) is 0 Å². The summed E-state index contributed by atoms with van der Waals surface area (Å²) in [6.45, 7) is 0. The summed E-state index contributed by atoms with van der Waals surface area (Å²) in [5.41, 5.74) is -3.57. The molecule has 0 aliphatic heterocycles. The number of benzene rings is 1. The summed E-state index contributed by atoms with van der Waals surface area (Å²) in [5.74, 6) is -8.82. The van der Waals surface area contributed by atoms with Crippen molar-refractivity contribution in [1.29, 1.82) is 0 Å². The Kier molecular flexibility index (Phi) is 3.61. The zero-order chi connectivity index (χ0) is 15.1. The predicted molar refractivity (Wildman–Crippen MR) is 46.8 cm³/mol. The summed E-state index contributed by atoms with van der Waals surface area (Å²) < 4.78 is 98.6. The lowest BCUT2D eigenvalue weighted by Gasteiger charge is -2.20. The highest BCUT2D eigenvalue weighted by Gasteiger charge is 2.63. The van der Waals surface area contributed by atoms with Gasteiger partial charge in [0.15, 0.2) is 0 Å². The maximum atomic E-state index is 12.7. The van der Waals surface area contributed by atoms with Crippen LogP contribution in [0.15, 0.2) is 24.3 Å². The Morgan fingerprint density at radius 3 is 1.74 bits per heavy atom. The summed E-state index contributed by atoms with van der Waals surface area (Å²) in [7, 11) is 0. The van der Waals surface area contributed by atoms with Crippen molar-refractivity contribution < 1.29 is 39.9 Å². The van der Waals surface area contributed by atoms with Gasteiger partial charge in [0.1, 0.15) is 0 Å². The molecule has 0 atom stereocenters. The lowest BCUT2D eigenvalue weighted by molar-refractivity contribution is -0.256. The van der Waals surface area contributed by atoms with Crippen molar-refractivity contribution in [2.24, 2.45) is 0 Å². The SMILES string of the molecule is O=C(c1ccccc1C(F)(F)F)C(F)(F)C(F)(F)F. The van der Waals surface area contributed by atoms with Crippen molar-refractivity contribution in [3.8, 4) is 0 Å². The standard InChI is InChI=1S/C10H4F8O/c11-8(12,10(16,17)18)7(19)5-3-1-2-4-6(5)9(13,14)15/h1-4H. The van der Waals surface area contributed by atoms with Crippen molar-refractivity contribution in [2.75, 3.05) is 0 Å². The van der Waals surface area contributed by atoms with Gasteiger partial charge in [0, 0.05) is 5.56 Å². The van der Waals surface area contributed by atoms with Crippen LogP contribution >= 0.6 is 0 Å². The van der Waals surface area contributed by atoms with Crippen molar-refractivity contribution >= 4 is 5.78 Å². The van der Waals surface area contributed by atoms with Gasteiger partial charge in [-0.05, 0) is 6.07 Å². The Balaban J connectivity index is 3.37. The third kappa shape index (κ3) is 2.85. The molecule has 1 rings (SSSR count). The first-order valence-electron chi connectivity index (χ1n) is 4.54. The van der Waals surface area contributed by atoms with Gasteiger partial charge in [-0.1, -0.05) is 18.2 Å². The fourth-order valence-corrected chi connectivity index (χ4v) is 1.23. The van der Waals surface area contributed by atoms with Gasteiger partial charge in [0.05, 0.1) is 5.56 Å². The van der Waals surface area contributed by atoms with Crippen LogP contribution in [0, 0.1) is 0 Å². The molecule has 0 heterocycles. The maximum absolute atomic E-state index is 12.7. The molecule has 19 heavy (non-hydrogen) atoms. The second-order valence-electron chi connectivity index (χ2n) is 3.44. The van der Waals surface area contributed by atoms with E-state index in [0.717, 1.165) is 12.1 Å². The fourth-order valence-electron chi connectivity index (χ4n) is 1.23. The number of carbonyl (C=O) groups excluding carboxylic acids is 1. The smallest absolute Gasteiger partial charge is 0.287 e. The molecule has 0 aliphatic rings. The highest BCUT2D eigenvalue weighted by Crippen LogP contribution is 2.40. The number of rotatable bonds is 2. The van der Waals surface area contributed by atoms with E-state index in [9.17, 15) is 39.9 Å². The van der Waals surface area contributed by atoms with Crippen LogP contribution in [0.4, 0.5) is 35.1 Å². The van der Waals surface area contributed by atoms with Crippen molar-refractivity contribution in [3.63, 3.8) is 0 Å². The predicted octanol–water partition coefficient (Wildman–Crippen LogP) is 4.09. The molecule has 0 amide bonds. The molecule has 0 spiro atoms. The molecule has 1 aromatic rings. The van der Waals surface area contributed by atoms with Crippen LogP contribution in [0.3, 0.4) is 0 Å². The molecule has 0 unspecified atom stereocenters. The first kappa shape index (κ1) is 15.4. The number of hydrogen-bond acceptors (Lipinski definition) is 1. The Morgan fingerprint density at radius 2 is 1.32 bits per heavy atom. The van der Waals surface area contributed by atoms with E-state index in [-0.39, 0.29) is 12.1 Å². The van der Waals surface area contributed by atoms with Gasteiger partial charge in [-0.3, -0.25) is 4.79 Å². The number of hydrogen-bond donors (Lipinski definition) is 0. The molecular weight excluding hydrogens is 288 g/mol. The van der Waals surface area contributed by atoms with E-state index in [4.69, 9.17) is 0 Å². The van der Waals surface area contributed by atoms with Crippen LogP contribution in [0.1, 0.15) is 15.9 Å². The number of ketones is 1. The minimum Gasteiger partial charge on any atom is -0.287 e. The molecule has 0 saturated carbocycles. The number of carbonyl (C=O) groups is 1. The van der Waals surface area contributed by atoms with Gasteiger partial charge in [0.2, 0.25) is 5.78 Å². The van der Waals surface area contributed by atoms with Gasteiger partial charge >= 0.3 is 18.3 Å². The second-order valence-corrected chi connectivity index (χ2v) is 3.44. The third-order valence-corrected chi connectivity index (χ3v) is 2.12. The largest absolute Gasteiger partial charge is 0.461 e. The van der Waals surface area contributed by atoms with Crippen LogP contribution in [0.2, 0.25) is 0 Å². The summed E-state index contributed by atoms with van der Waals surface area (Å²) >= 11 is 0. The Hall–Kier alpha value is -1.67. The van der Waals surface area contributed by atoms with Crippen molar-refractivity contribution in [1.82, 2.24) is 0 Å². The Labute approximate surface area is 100 Å². The van der Waals surface area contributed by atoms with E-state index in [1.54, 1.807) is 0 Å². The third-order valence-electron chi connectivity index (χ3n) is 2.12. The number of halogens is 8. The minimum absolute atomic E-state index is 0.250. The van der Waals surface area contributed by atoms with E-state index in [2.05, 4.69) is 0 Å². The van der Waals surface area contributed by atoms with Gasteiger partial charge in [-0.15, -0.1) is 0 Å². The van der Waals surface area contributed by atoms with Crippen LogP contribution in [0.25, 0.3) is 0 Å². The molecule has 0 N–H and O–H groups in total. The molecule has 0 aromatic heterocycles. The molecule has 0 radical (unpaired) electrons. The lowest BCUT2D eigenvalue weighted by atomic mass is 9.99. The van der Waals surface area contributed by atoms with Crippen LogP contribution < -0.4 is 0 Å².